The van der Waals surface area contributed by atoms with Gasteiger partial charge in [0.1, 0.15) is 6.54 Å². The number of nitrogens with zero attached hydrogens (tertiary/aromatic N) is 1. The summed E-state index contributed by atoms with van der Waals surface area (Å²) in [5, 5.41) is 0. The zero-order chi connectivity index (χ0) is 18.9. The summed E-state index contributed by atoms with van der Waals surface area (Å²) in [6.45, 7) is 9.39. The van der Waals surface area contributed by atoms with Crippen LogP contribution >= 0.6 is 7.60 Å². The summed E-state index contributed by atoms with van der Waals surface area (Å²) in [5.41, 5.74) is 2.24. The fourth-order valence-corrected chi connectivity index (χ4v) is 5.31. The molecular weight excluding hydrogens is 381 g/mol. The standard InChI is InChI=1S/C21H31NO3P.ClH/c1-4-22(5-2,17-20-13-9-7-10-14-20)19-26(23,24-6-3)25-18-21-15-11-8-12-16-21;/h7-16H,4-6,17-19H2,1-3H3;1H/q+1;/p-1. The molecule has 150 valence electrons. The van der Waals surface area contributed by atoms with E-state index in [2.05, 4.69) is 26.0 Å². The van der Waals surface area contributed by atoms with Gasteiger partial charge in [0.25, 0.3) is 0 Å². The molecule has 4 nitrogen and oxygen atoms in total. The highest BCUT2D eigenvalue weighted by molar-refractivity contribution is 7.53. The van der Waals surface area contributed by atoms with E-state index in [1.807, 2.05) is 55.5 Å². The van der Waals surface area contributed by atoms with Crippen LogP contribution in [-0.2, 0) is 26.8 Å². The molecule has 0 heterocycles. The van der Waals surface area contributed by atoms with Gasteiger partial charge in [0.15, 0.2) is 6.29 Å². The average Bonchev–Trinajstić information content (AvgIpc) is 2.68. The molecule has 1 atom stereocenters. The molecule has 6 heteroatoms. The normalized spacial score (nSPS) is 13.6. The van der Waals surface area contributed by atoms with Crippen molar-refractivity contribution in [2.75, 3.05) is 26.0 Å². The van der Waals surface area contributed by atoms with Gasteiger partial charge in [0.2, 0.25) is 0 Å². The number of halogens is 1. The molecule has 0 radical (unpaired) electrons. The molecule has 2 rings (SSSR count). The Labute approximate surface area is 170 Å². The Balaban J connectivity index is 0.00000364. The van der Waals surface area contributed by atoms with Gasteiger partial charge in [0, 0.05) is 5.56 Å². The fraction of sp³-hybridized carbons (Fsp3) is 0.429. The van der Waals surface area contributed by atoms with Crippen LogP contribution in [0.2, 0.25) is 0 Å². The minimum absolute atomic E-state index is 0. The molecule has 0 aliphatic heterocycles. The zero-order valence-electron chi connectivity index (χ0n) is 16.5. The number of benzene rings is 2. The lowest BCUT2D eigenvalue weighted by atomic mass is 10.2. The molecular formula is C21H31ClNO3P. The molecule has 0 amide bonds. The lowest BCUT2D eigenvalue weighted by Gasteiger charge is -2.38. The van der Waals surface area contributed by atoms with Crippen molar-refractivity contribution in [3.05, 3.63) is 71.8 Å². The van der Waals surface area contributed by atoms with Crippen molar-refractivity contribution in [2.45, 2.75) is 33.9 Å². The van der Waals surface area contributed by atoms with E-state index in [1.165, 1.54) is 5.56 Å². The summed E-state index contributed by atoms with van der Waals surface area (Å²) in [4.78, 5) is 0. The monoisotopic (exact) mass is 411 g/mol. The molecule has 2 aromatic rings. The smallest absolute Gasteiger partial charge is 0.384 e. The Morgan fingerprint density at radius 3 is 1.81 bits per heavy atom. The van der Waals surface area contributed by atoms with Crippen LogP contribution in [0.15, 0.2) is 60.7 Å². The van der Waals surface area contributed by atoms with Gasteiger partial charge in [-0.3, -0.25) is 9.09 Å². The predicted molar refractivity (Wildman–Crippen MR) is 107 cm³/mol. The van der Waals surface area contributed by atoms with Crippen LogP contribution in [0.5, 0.6) is 0 Å². The molecule has 0 aromatic heterocycles. The Morgan fingerprint density at radius 1 is 0.815 bits per heavy atom. The molecule has 27 heavy (non-hydrogen) atoms. The summed E-state index contributed by atoms with van der Waals surface area (Å²) in [6.07, 6.45) is 0.384. The Kier molecular flexibility index (Phi) is 10.3. The molecule has 1 unspecified atom stereocenters. The maximum absolute atomic E-state index is 13.5. The van der Waals surface area contributed by atoms with Crippen molar-refractivity contribution < 1.29 is 30.5 Å². The summed E-state index contributed by atoms with van der Waals surface area (Å²) >= 11 is 0. The third-order valence-corrected chi connectivity index (χ3v) is 6.89. The first-order valence-electron chi connectivity index (χ1n) is 9.36. The first kappa shape index (κ1) is 23.9. The highest BCUT2D eigenvalue weighted by atomic mass is 35.5. The van der Waals surface area contributed by atoms with E-state index >= 15 is 0 Å². The Hall–Kier alpha value is -1.16. The van der Waals surface area contributed by atoms with Gasteiger partial charge in [-0.2, -0.15) is 0 Å². The molecule has 0 spiro atoms. The van der Waals surface area contributed by atoms with E-state index in [9.17, 15) is 4.57 Å². The second-order valence-corrected chi connectivity index (χ2v) is 8.57. The molecule has 0 aliphatic rings. The second-order valence-electron chi connectivity index (χ2n) is 6.55. The highest BCUT2D eigenvalue weighted by Gasteiger charge is 2.37. The van der Waals surface area contributed by atoms with Crippen LogP contribution < -0.4 is 12.4 Å². The van der Waals surface area contributed by atoms with Crippen LogP contribution in [0.25, 0.3) is 0 Å². The lowest BCUT2D eigenvalue weighted by Crippen LogP contribution is -3.00. The molecule has 0 saturated heterocycles. The fourth-order valence-electron chi connectivity index (χ4n) is 3.10. The largest absolute Gasteiger partial charge is 1.00 e. The van der Waals surface area contributed by atoms with Gasteiger partial charge in [0.05, 0.1) is 26.3 Å². The molecule has 2 aromatic carbocycles. The van der Waals surface area contributed by atoms with Gasteiger partial charge < -0.3 is 21.4 Å². The number of hydrogen-bond acceptors (Lipinski definition) is 3. The maximum atomic E-state index is 13.5. The molecule has 0 saturated carbocycles. The quantitative estimate of drug-likeness (QED) is 0.421. The molecule has 0 bridgehead atoms. The van der Waals surface area contributed by atoms with Crippen molar-refractivity contribution in [3.63, 3.8) is 0 Å². The van der Waals surface area contributed by atoms with E-state index in [0.29, 0.717) is 24.0 Å². The summed E-state index contributed by atoms with van der Waals surface area (Å²) in [5.74, 6) is 0. The second kappa shape index (κ2) is 11.6. The minimum Gasteiger partial charge on any atom is -1.00 e. The van der Waals surface area contributed by atoms with Gasteiger partial charge in [-0.25, -0.2) is 0 Å². The van der Waals surface area contributed by atoms with Crippen LogP contribution in [0.3, 0.4) is 0 Å². The van der Waals surface area contributed by atoms with E-state index < -0.39 is 7.60 Å². The summed E-state index contributed by atoms with van der Waals surface area (Å²) in [7, 11) is -3.20. The topological polar surface area (TPSA) is 35.5 Å². The van der Waals surface area contributed by atoms with E-state index in [-0.39, 0.29) is 12.4 Å². The summed E-state index contributed by atoms with van der Waals surface area (Å²) < 4.78 is 25.7. The van der Waals surface area contributed by atoms with Crippen LogP contribution in [-0.4, -0.2) is 30.5 Å². The van der Waals surface area contributed by atoms with Gasteiger partial charge in [-0.15, -0.1) is 0 Å². The first-order chi connectivity index (χ1) is 12.5. The third kappa shape index (κ3) is 7.40. The Morgan fingerprint density at radius 2 is 1.33 bits per heavy atom. The van der Waals surface area contributed by atoms with Crippen molar-refractivity contribution in [3.8, 4) is 0 Å². The van der Waals surface area contributed by atoms with Gasteiger partial charge >= 0.3 is 7.60 Å². The van der Waals surface area contributed by atoms with Crippen molar-refractivity contribution >= 4 is 7.60 Å². The minimum atomic E-state index is -3.20. The van der Waals surface area contributed by atoms with Crippen molar-refractivity contribution in [1.29, 1.82) is 0 Å². The number of quaternary nitrogens is 1. The molecule has 0 fully saturated rings. The predicted octanol–water partition coefficient (Wildman–Crippen LogP) is 2.45. The summed E-state index contributed by atoms with van der Waals surface area (Å²) in [6, 6.07) is 20.2. The number of hydrogen-bond donors (Lipinski definition) is 0. The lowest BCUT2D eigenvalue weighted by molar-refractivity contribution is -0.928. The van der Waals surface area contributed by atoms with Crippen molar-refractivity contribution in [1.82, 2.24) is 0 Å². The van der Waals surface area contributed by atoms with Crippen molar-refractivity contribution in [2.24, 2.45) is 0 Å². The van der Waals surface area contributed by atoms with Gasteiger partial charge in [-0.1, -0.05) is 60.7 Å². The molecule has 0 aliphatic carbocycles. The molecule has 0 N–H and O–H groups in total. The maximum Gasteiger partial charge on any atom is 0.384 e. The van der Waals surface area contributed by atoms with E-state index in [4.69, 9.17) is 9.05 Å². The third-order valence-electron chi connectivity index (χ3n) is 4.77. The highest BCUT2D eigenvalue weighted by Crippen LogP contribution is 2.51. The Bertz CT molecular complexity index is 693. The SMILES string of the molecule is CCOP(=O)(C[N+](CC)(CC)Cc1ccccc1)OCc1ccccc1.[Cl-]. The first-order valence-corrected chi connectivity index (χ1v) is 11.1. The average molecular weight is 412 g/mol. The van der Waals surface area contributed by atoms with E-state index in [1.54, 1.807) is 0 Å². The van der Waals surface area contributed by atoms with E-state index in [0.717, 1.165) is 25.2 Å². The zero-order valence-corrected chi connectivity index (χ0v) is 18.2. The van der Waals surface area contributed by atoms with Crippen LogP contribution in [0.1, 0.15) is 31.9 Å². The van der Waals surface area contributed by atoms with Crippen LogP contribution in [0, 0.1) is 0 Å². The van der Waals surface area contributed by atoms with Crippen LogP contribution in [0.4, 0.5) is 0 Å². The number of rotatable bonds is 11. The van der Waals surface area contributed by atoms with Gasteiger partial charge in [-0.05, 0) is 26.3 Å².